The van der Waals surface area contributed by atoms with E-state index >= 15 is 0 Å². The Balaban J connectivity index is 1.52. The molecule has 32 heavy (non-hydrogen) atoms. The van der Waals surface area contributed by atoms with E-state index in [-0.39, 0.29) is 5.41 Å². The lowest BCUT2D eigenvalue weighted by atomic mass is 9.62. The van der Waals surface area contributed by atoms with Crippen molar-refractivity contribution in [1.29, 1.82) is 0 Å². The summed E-state index contributed by atoms with van der Waals surface area (Å²) in [7, 11) is 0. The molecule has 0 radical (unpaired) electrons. The summed E-state index contributed by atoms with van der Waals surface area (Å²) in [6, 6.07) is 9.02. The highest BCUT2D eigenvalue weighted by atomic mass is 15.2. The second kappa shape index (κ2) is 8.82. The first-order valence-electron chi connectivity index (χ1n) is 12.7. The zero-order chi connectivity index (χ0) is 22.1. The Morgan fingerprint density at radius 3 is 2.03 bits per heavy atom. The van der Waals surface area contributed by atoms with E-state index < -0.39 is 0 Å². The highest BCUT2D eigenvalue weighted by molar-refractivity contribution is 5.60. The number of nitrogens with zero attached hydrogens (tertiary/aromatic N) is 1. The Morgan fingerprint density at radius 2 is 1.44 bits per heavy atom. The molecule has 1 nitrogen and oxygen atoms in total. The van der Waals surface area contributed by atoms with Crippen molar-refractivity contribution in [3.05, 3.63) is 87.1 Å². The van der Waals surface area contributed by atoms with E-state index in [1.165, 1.54) is 85.2 Å². The van der Waals surface area contributed by atoms with E-state index in [0.29, 0.717) is 0 Å². The molecule has 0 aliphatic heterocycles. The number of hydrogen-bond donors (Lipinski definition) is 0. The molecular formula is C31H37N. The third kappa shape index (κ3) is 4.01. The molecule has 0 aromatic heterocycles. The van der Waals surface area contributed by atoms with Crippen LogP contribution in [-0.4, -0.2) is 0 Å². The molecule has 4 aliphatic rings. The summed E-state index contributed by atoms with van der Waals surface area (Å²) in [6.07, 6.45) is 18.7. The van der Waals surface area contributed by atoms with Gasteiger partial charge in [-0.25, -0.2) is 0 Å². The van der Waals surface area contributed by atoms with Gasteiger partial charge in [0.25, 0.3) is 0 Å². The number of hydrogen-bond acceptors (Lipinski definition) is 1. The Hall–Kier alpha value is -2.46. The second-order valence-electron chi connectivity index (χ2n) is 10.4. The van der Waals surface area contributed by atoms with Gasteiger partial charge >= 0.3 is 0 Å². The van der Waals surface area contributed by atoms with Crippen LogP contribution in [0.3, 0.4) is 0 Å². The highest BCUT2D eigenvalue weighted by Gasteiger charge is 2.40. The van der Waals surface area contributed by atoms with Gasteiger partial charge in [0.1, 0.15) is 0 Å². The summed E-state index contributed by atoms with van der Waals surface area (Å²) in [5.74, 6) is 0. The van der Waals surface area contributed by atoms with Crippen molar-refractivity contribution < 1.29 is 0 Å². The average Bonchev–Trinajstić information content (AvgIpc) is 3.45. The minimum atomic E-state index is 0.288. The van der Waals surface area contributed by atoms with E-state index in [4.69, 9.17) is 0 Å². The lowest BCUT2D eigenvalue weighted by Crippen LogP contribution is -2.30. The summed E-state index contributed by atoms with van der Waals surface area (Å²) in [5.41, 5.74) is 19.3. The first kappa shape index (κ1) is 21.4. The second-order valence-corrected chi connectivity index (χ2v) is 10.4. The maximum absolute atomic E-state index is 3.82. The van der Waals surface area contributed by atoms with Crippen molar-refractivity contribution in [3.63, 3.8) is 0 Å². The van der Waals surface area contributed by atoms with Crippen molar-refractivity contribution in [3.8, 4) is 0 Å². The minimum Gasteiger partial charge on any atom is -0.311 e. The fourth-order valence-electron chi connectivity index (χ4n) is 6.27. The fraction of sp³-hybridized carbons (Fsp3) is 0.484. The van der Waals surface area contributed by atoms with Crippen LogP contribution in [0.1, 0.15) is 90.0 Å². The predicted octanol–water partition coefficient (Wildman–Crippen LogP) is 8.84. The van der Waals surface area contributed by atoms with E-state index in [2.05, 4.69) is 73.6 Å². The lowest BCUT2D eigenvalue weighted by molar-refractivity contribution is 0.276. The van der Waals surface area contributed by atoms with E-state index in [9.17, 15) is 0 Å². The molecule has 4 aliphatic carbocycles. The van der Waals surface area contributed by atoms with Gasteiger partial charge in [-0.2, -0.15) is 0 Å². The standard InChI is InChI=1S/C31H37N/c1-23-8-14-28(15-9-23)32(30-16-10-25(3)22-30)29-17-12-26(13-18-29)31(19-5-4-6-20-31)27-11-7-24(2)21-27/h8-9,12,14-15,17H,4-7,10-11,13,16,18-20H2,1-3H3. The molecule has 1 fully saturated rings. The van der Waals surface area contributed by atoms with Gasteiger partial charge in [0.2, 0.25) is 0 Å². The molecule has 166 valence electrons. The predicted molar refractivity (Wildman–Crippen MR) is 135 cm³/mol. The summed E-state index contributed by atoms with van der Waals surface area (Å²) in [6.45, 7) is 6.64. The molecule has 0 unspecified atom stereocenters. The van der Waals surface area contributed by atoms with Crippen molar-refractivity contribution in [2.75, 3.05) is 4.90 Å². The first-order valence-corrected chi connectivity index (χ1v) is 12.7. The Morgan fingerprint density at radius 1 is 0.719 bits per heavy atom. The van der Waals surface area contributed by atoms with Crippen molar-refractivity contribution in [1.82, 2.24) is 0 Å². The van der Waals surface area contributed by atoms with Gasteiger partial charge in [0.15, 0.2) is 0 Å². The van der Waals surface area contributed by atoms with Gasteiger partial charge in [-0.05, 0) is 107 Å². The molecular weight excluding hydrogens is 386 g/mol. The van der Waals surface area contributed by atoms with Crippen LogP contribution in [0.5, 0.6) is 0 Å². The SMILES string of the molecule is CC1=C=C(N(C2=CC=C(C3(C4=C=C(C)CC4)CCCCC3)CC2)c2ccc(C)cc2)CC1. The fourth-order valence-corrected chi connectivity index (χ4v) is 6.27. The monoisotopic (exact) mass is 423 g/mol. The molecule has 0 amide bonds. The van der Waals surface area contributed by atoms with Crippen LogP contribution in [0.4, 0.5) is 5.69 Å². The molecule has 0 spiro atoms. The molecule has 5 rings (SSSR count). The van der Waals surface area contributed by atoms with Gasteiger partial charge in [0.05, 0.1) is 5.70 Å². The number of aryl methyl sites for hydroxylation is 1. The van der Waals surface area contributed by atoms with Crippen molar-refractivity contribution in [2.45, 2.75) is 91.4 Å². The number of benzene rings is 1. The van der Waals surface area contributed by atoms with Gasteiger partial charge in [-0.3, -0.25) is 0 Å². The average molecular weight is 424 g/mol. The molecule has 0 heterocycles. The van der Waals surface area contributed by atoms with Gasteiger partial charge in [0, 0.05) is 16.8 Å². The highest BCUT2D eigenvalue weighted by Crippen LogP contribution is 2.53. The summed E-state index contributed by atoms with van der Waals surface area (Å²) in [4.78, 5) is 2.50. The smallest absolute Gasteiger partial charge is 0.0655 e. The molecule has 1 saturated carbocycles. The zero-order valence-electron chi connectivity index (χ0n) is 20.2. The molecule has 0 atom stereocenters. The zero-order valence-corrected chi connectivity index (χ0v) is 20.2. The van der Waals surface area contributed by atoms with Crippen LogP contribution in [0.15, 0.2) is 81.6 Å². The van der Waals surface area contributed by atoms with Crippen LogP contribution in [0.25, 0.3) is 0 Å². The van der Waals surface area contributed by atoms with Crippen LogP contribution in [0, 0.1) is 12.3 Å². The molecule has 1 heteroatoms. The number of allylic oxidation sites excluding steroid dienone is 6. The topological polar surface area (TPSA) is 3.24 Å². The maximum Gasteiger partial charge on any atom is 0.0655 e. The van der Waals surface area contributed by atoms with E-state index in [0.717, 1.165) is 19.3 Å². The van der Waals surface area contributed by atoms with Crippen LogP contribution in [-0.2, 0) is 0 Å². The third-order valence-corrected chi connectivity index (χ3v) is 8.08. The molecule has 1 aromatic rings. The van der Waals surface area contributed by atoms with Crippen LogP contribution in [0.2, 0.25) is 0 Å². The summed E-state index contributed by atoms with van der Waals surface area (Å²) in [5, 5.41) is 0. The lowest BCUT2D eigenvalue weighted by Gasteiger charge is -2.42. The number of anilines is 1. The Kier molecular flexibility index (Phi) is 5.90. The molecule has 0 N–H and O–H groups in total. The quantitative estimate of drug-likeness (QED) is 0.427. The minimum absolute atomic E-state index is 0.288. The molecule has 0 saturated heterocycles. The normalized spacial score (nSPS) is 22.5. The van der Waals surface area contributed by atoms with Crippen molar-refractivity contribution >= 4 is 5.69 Å². The molecule has 1 aromatic carbocycles. The Labute approximate surface area is 194 Å². The summed E-state index contributed by atoms with van der Waals surface area (Å²) >= 11 is 0. The van der Waals surface area contributed by atoms with E-state index in [1.54, 1.807) is 11.1 Å². The van der Waals surface area contributed by atoms with Crippen LogP contribution >= 0.6 is 0 Å². The third-order valence-electron chi connectivity index (χ3n) is 8.08. The summed E-state index contributed by atoms with van der Waals surface area (Å²) < 4.78 is 0. The van der Waals surface area contributed by atoms with Crippen LogP contribution < -0.4 is 4.90 Å². The Bertz CT molecular complexity index is 1090. The largest absolute Gasteiger partial charge is 0.311 e. The molecule has 0 bridgehead atoms. The van der Waals surface area contributed by atoms with Gasteiger partial charge in [-0.15, -0.1) is 11.5 Å². The maximum atomic E-state index is 3.82. The van der Waals surface area contributed by atoms with Gasteiger partial charge in [-0.1, -0.05) is 48.6 Å². The number of rotatable bonds is 5. The first-order chi connectivity index (χ1) is 15.5. The van der Waals surface area contributed by atoms with E-state index in [1.807, 2.05) is 0 Å². The van der Waals surface area contributed by atoms with Gasteiger partial charge < -0.3 is 4.90 Å². The van der Waals surface area contributed by atoms with Crippen molar-refractivity contribution in [2.24, 2.45) is 5.41 Å².